The fourth-order valence-electron chi connectivity index (χ4n) is 4.84. The molecule has 1 saturated heterocycles. The Labute approximate surface area is 120 Å². The van der Waals surface area contributed by atoms with E-state index in [4.69, 9.17) is 0 Å². The Hall–Kier alpha value is -0.0800. The Morgan fingerprint density at radius 1 is 1.05 bits per heavy atom. The van der Waals surface area contributed by atoms with Crippen molar-refractivity contribution in [1.82, 2.24) is 10.2 Å². The fraction of sp³-hybridized carbons (Fsp3) is 1.00. The minimum atomic E-state index is 0.499. The molecule has 1 N–H and O–H groups in total. The molecular formula is C17H34N2. The largest absolute Gasteiger partial charge is 0.314 e. The first-order valence-electron chi connectivity index (χ1n) is 8.17. The van der Waals surface area contributed by atoms with Crippen molar-refractivity contribution in [2.45, 2.75) is 72.9 Å². The van der Waals surface area contributed by atoms with Crippen LogP contribution in [0.3, 0.4) is 0 Å². The van der Waals surface area contributed by atoms with E-state index in [2.05, 4.69) is 51.8 Å². The predicted octanol–water partition coefficient (Wildman–Crippen LogP) is 3.52. The van der Waals surface area contributed by atoms with Crippen LogP contribution in [0.25, 0.3) is 0 Å². The van der Waals surface area contributed by atoms with Crippen molar-refractivity contribution in [2.24, 2.45) is 16.7 Å². The van der Waals surface area contributed by atoms with Crippen LogP contribution in [0.1, 0.15) is 60.8 Å². The molecule has 2 fully saturated rings. The first kappa shape index (κ1) is 15.3. The summed E-state index contributed by atoms with van der Waals surface area (Å²) in [6.07, 6.45) is 4.12. The summed E-state index contributed by atoms with van der Waals surface area (Å²) >= 11 is 0. The molecule has 0 radical (unpaired) electrons. The molecule has 2 aliphatic rings. The first-order valence-corrected chi connectivity index (χ1v) is 8.17. The molecule has 0 spiro atoms. The Bertz CT molecular complexity index is 290. The highest BCUT2D eigenvalue weighted by Gasteiger charge is 2.42. The smallest absolute Gasteiger partial charge is 0.0247 e. The van der Waals surface area contributed by atoms with E-state index in [-0.39, 0.29) is 0 Å². The molecule has 0 aromatic heterocycles. The molecule has 2 rings (SSSR count). The highest BCUT2D eigenvalue weighted by atomic mass is 15.2. The fourth-order valence-corrected chi connectivity index (χ4v) is 4.84. The third kappa shape index (κ3) is 3.72. The maximum atomic E-state index is 3.59. The second kappa shape index (κ2) is 5.37. The number of rotatable bonds is 2. The van der Waals surface area contributed by atoms with Crippen LogP contribution in [-0.4, -0.2) is 36.6 Å². The van der Waals surface area contributed by atoms with Crippen molar-refractivity contribution >= 4 is 0 Å². The topological polar surface area (TPSA) is 15.3 Å². The van der Waals surface area contributed by atoms with Crippen molar-refractivity contribution in [3.05, 3.63) is 0 Å². The van der Waals surface area contributed by atoms with Gasteiger partial charge in [0.2, 0.25) is 0 Å². The molecule has 2 nitrogen and oxygen atoms in total. The lowest BCUT2D eigenvalue weighted by Gasteiger charge is -2.52. The highest BCUT2D eigenvalue weighted by molar-refractivity contribution is 4.96. The summed E-state index contributed by atoms with van der Waals surface area (Å²) < 4.78 is 0. The zero-order valence-electron chi connectivity index (χ0n) is 13.9. The lowest BCUT2D eigenvalue weighted by molar-refractivity contribution is -0.0143. The summed E-state index contributed by atoms with van der Waals surface area (Å²) in [4.78, 5) is 2.84. The van der Waals surface area contributed by atoms with Gasteiger partial charge in [0.15, 0.2) is 0 Å². The van der Waals surface area contributed by atoms with Crippen LogP contribution in [0.4, 0.5) is 0 Å². The van der Waals surface area contributed by atoms with Crippen molar-refractivity contribution in [1.29, 1.82) is 0 Å². The molecular weight excluding hydrogens is 232 g/mol. The van der Waals surface area contributed by atoms with Gasteiger partial charge < -0.3 is 5.32 Å². The lowest BCUT2D eigenvalue weighted by Crippen LogP contribution is -2.59. The Morgan fingerprint density at radius 3 is 2.16 bits per heavy atom. The van der Waals surface area contributed by atoms with Gasteiger partial charge in [0.05, 0.1) is 0 Å². The van der Waals surface area contributed by atoms with Crippen LogP contribution >= 0.6 is 0 Å². The van der Waals surface area contributed by atoms with Gasteiger partial charge in [-0.05, 0) is 36.0 Å². The van der Waals surface area contributed by atoms with Crippen molar-refractivity contribution in [2.75, 3.05) is 19.6 Å². The lowest BCUT2D eigenvalue weighted by atomic mass is 9.63. The third-order valence-corrected chi connectivity index (χ3v) is 5.10. The van der Waals surface area contributed by atoms with E-state index in [9.17, 15) is 0 Å². The second-order valence-electron chi connectivity index (χ2n) is 8.82. The van der Waals surface area contributed by atoms with E-state index >= 15 is 0 Å². The van der Waals surface area contributed by atoms with Crippen LogP contribution in [0.2, 0.25) is 0 Å². The third-order valence-electron chi connectivity index (χ3n) is 5.10. The molecule has 0 bridgehead atoms. The highest BCUT2D eigenvalue weighted by Crippen LogP contribution is 2.47. The van der Waals surface area contributed by atoms with E-state index in [1.807, 2.05) is 0 Å². The van der Waals surface area contributed by atoms with Crippen molar-refractivity contribution in [3.8, 4) is 0 Å². The molecule has 2 heteroatoms. The number of hydrogen-bond donors (Lipinski definition) is 1. The van der Waals surface area contributed by atoms with Crippen LogP contribution in [0, 0.1) is 16.7 Å². The van der Waals surface area contributed by atoms with Gasteiger partial charge in [-0.25, -0.2) is 0 Å². The molecule has 1 unspecified atom stereocenters. The van der Waals surface area contributed by atoms with Gasteiger partial charge >= 0.3 is 0 Å². The van der Waals surface area contributed by atoms with E-state index < -0.39 is 0 Å². The van der Waals surface area contributed by atoms with Crippen molar-refractivity contribution in [3.63, 3.8) is 0 Å². The van der Waals surface area contributed by atoms with Gasteiger partial charge in [-0.15, -0.1) is 0 Å². The molecule has 0 aromatic carbocycles. The predicted molar refractivity (Wildman–Crippen MR) is 83.4 cm³/mol. The quantitative estimate of drug-likeness (QED) is 0.822. The van der Waals surface area contributed by atoms with Gasteiger partial charge in [0, 0.05) is 31.7 Å². The number of hydrogen-bond acceptors (Lipinski definition) is 2. The molecule has 1 atom stereocenters. The summed E-state index contributed by atoms with van der Waals surface area (Å²) in [6, 6.07) is 1.51. The summed E-state index contributed by atoms with van der Waals surface area (Å²) in [7, 11) is 0. The van der Waals surface area contributed by atoms with Gasteiger partial charge in [0.25, 0.3) is 0 Å². The number of nitrogens with zero attached hydrogens (tertiary/aromatic N) is 1. The number of piperazine rings is 1. The van der Waals surface area contributed by atoms with E-state index in [0.717, 1.165) is 18.0 Å². The van der Waals surface area contributed by atoms with Gasteiger partial charge in [-0.3, -0.25) is 4.90 Å². The molecule has 1 heterocycles. The minimum absolute atomic E-state index is 0.499. The molecule has 112 valence electrons. The summed E-state index contributed by atoms with van der Waals surface area (Å²) in [5, 5.41) is 3.59. The monoisotopic (exact) mass is 266 g/mol. The normalized spacial score (nSPS) is 32.7. The zero-order chi connectivity index (χ0) is 14.3. The maximum Gasteiger partial charge on any atom is 0.0247 e. The van der Waals surface area contributed by atoms with E-state index in [1.54, 1.807) is 0 Å². The average molecular weight is 266 g/mol. The zero-order valence-corrected chi connectivity index (χ0v) is 13.9. The van der Waals surface area contributed by atoms with Crippen molar-refractivity contribution < 1.29 is 0 Å². The minimum Gasteiger partial charge on any atom is -0.314 e. The van der Waals surface area contributed by atoms with Gasteiger partial charge in [-0.1, -0.05) is 41.5 Å². The molecule has 1 aliphatic carbocycles. The molecule has 1 saturated carbocycles. The SMILES string of the molecule is CC(C)C1CNCCN1C1CC(C)(C)CC(C)(C)C1. The summed E-state index contributed by atoms with van der Waals surface area (Å²) in [6.45, 7) is 18.2. The van der Waals surface area contributed by atoms with E-state index in [0.29, 0.717) is 10.8 Å². The first-order chi connectivity index (χ1) is 8.70. The Kier molecular flexibility index (Phi) is 4.32. The summed E-state index contributed by atoms with van der Waals surface area (Å²) in [5.74, 6) is 0.751. The Balaban J connectivity index is 2.14. The van der Waals surface area contributed by atoms with Gasteiger partial charge in [0.1, 0.15) is 0 Å². The summed E-state index contributed by atoms with van der Waals surface area (Å²) in [5.41, 5.74) is 0.998. The molecule has 0 amide bonds. The molecule has 1 aliphatic heterocycles. The van der Waals surface area contributed by atoms with E-state index in [1.165, 1.54) is 38.9 Å². The van der Waals surface area contributed by atoms with Gasteiger partial charge in [-0.2, -0.15) is 0 Å². The van der Waals surface area contributed by atoms with Crippen LogP contribution in [0.15, 0.2) is 0 Å². The molecule has 0 aromatic rings. The maximum absolute atomic E-state index is 3.59. The Morgan fingerprint density at radius 2 is 1.63 bits per heavy atom. The van der Waals surface area contributed by atoms with Crippen LogP contribution in [0.5, 0.6) is 0 Å². The second-order valence-corrected chi connectivity index (χ2v) is 8.82. The van der Waals surface area contributed by atoms with Crippen LogP contribution in [-0.2, 0) is 0 Å². The standard InChI is InChI=1S/C17H34N2/c1-13(2)15-11-18-7-8-19(15)14-9-16(3,4)12-17(5,6)10-14/h13-15,18H,7-12H2,1-6H3. The number of nitrogens with one attached hydrogen (secondary N) is 1. The van der Waals surface area contributed by atoms with Crippen LogP contribution < -0.4 is 5.32 Å². The molecule has 19 heavy (non-hydrogen) atoms. The average Bonchev–Trinajstić information content (AvgIpc) is 2.24.